The van der Waals surface area contributed by atoms with Crippen LogP contribution in [-0.4, -0.2) is 50.0 Å². The molecule has 0 amide bonds. The predicted molar refractivity (Wildman–Crippen MR) is 97.3 cm³/mol. The van der Waals surface area contributed by atoms with Crippen LogP contribution in [0.15, 0.2) is 57.8 Å². The number of nitrogens with one attached hydrogen (secondary N) is 1. The number of benzene rings is 2. The van der Waals surface area contributed by atoms with E-state index in [1.54, 1.807) is 0 Å². The molecule has 2 aromatic carbocycles. The van der Waals surface area contributed by atoms with Crippen LogP contribution in [0.2, 0.25) is 0 Å². The Morgan fingerprint density at radius 1 is 0.690 bits per heavy atom. The summed E-state index contributed by atoms with van der Waals surface area (Å²) in [7, 11) is 0. The Balaban J connectivity index is 2.19. The van der Waals surface area contributed by atoms with Crippen molar-refractivity contribution in [2.75, 3.05) is 5.43 Å². The first-order valence-electron chi connectivity index (χ1n) is 7.61. The third-order valence-electron chi connectivity index (χ3n) is 3.26. The van der Waals surface area contributed by atoms with Crippen LogP contribution in [0.3, 0.4) is 0 Å². The van der Waals surface area contributed by atoms with E-state index in [9.17, 15) is 19.2 Å². The predicted octanol–water partition coefficient (Wildman–Crippen LogP) is 2.44. The van der Waals surface area contributed by atoms with Gasteiger partial charge < -0.3 is 20.4 Å². The van der Waals surface area contributed by atoms with Crippen molar-refractivity contribution >= 4 is 46.7 Å². The van der Waals surface area contributed by atoms with Crippen molar-refractivity contribution in [2.45, 2.75) is 0 Å². The van der Waals surface area contributed by atoms with E-state index in [1.165, 1.54) is 24.3 Å². The van der Waals surface area contributed by atoms with Crippen molar-refractivity contribution in [3.05, 3.63) is 53.6 Å². The molecule has 0 saturated heterocycles. The number of hydrogen-bond acceptors (Lipinski definition) is 8. The van der Waals surface area contributed by atoms with E-state index in [1.807, 2.05) is 0 Å². The Morgan fingerprint density at radius 3 is 1.62 bits per heavy atom. The number of aliphatic carboxylic acids is 2. The summed E-state index contributed by atoms with van der Waals surface area (Å²) in [4.78, 5) is 43.6. The van der Waals surface area contributed by atoms with Crippen LogP contribution in [0.4, 0.5) is 17.1 Å². The minimum Gasteiger partial charge on any atom is -0.478 e. The molecule has 0 aliphatic rings. The average Bonchev–Trinajstić information content (AvgIpc) is 2.66. The topological polar surface area (TPSA) is 198 Å². The molecular formula is C17H12N4O8. The van der Waals surface area contributed by atoms with Crippen molar-refractivity contribution in [3.8, 4) is 0 Å². The molecule has 0 bridgehead atoms. The molecule has 148 valence electrons. The Bertz CT molecular complexity index is 996. The molecule has 0 aliphatic heterocycles. The lowest BCUT2D eigenvalue weighted by Crippen LogP contribution is -2.24. The van der Waals surface area contributed by atoms with E-state index in [0.29, 0.717) is 5.69 Å². The number of hydrogen-bond donors (Lipinski definition) is 5. The van der Waals surface area contributed by atoms with Crippen molar-refractivity contribution in [3.63, 3.8) is 0 Å². The van der Waals surface area contributed by atoms with E-state index < -0.39 is 29.6 Å². The van der Waals surface area contributed by atoms with Gasteiger partial charge in [-0.25, -0.2) is 19.2 Å². The summed E-state index contributed by atoms with van der Waals surface area (Å²) in [6, 6.07) is 8.99. The molecule has 0 radical (unpaired) electrons. The largest absolute Gasteiger partial charge is 0.478 e. The Kier molecular flexibility index (Phi) is 6.32. The van der Waals surface area contributed by atoms with E-state index in [4.69, 9.17) is 20.4 Å². The zero-order valence-corrected chi connectivity index (χ0v) is 14.3. The van der Waals surface area contributed by atoms with Crippen LogP contribution in [0, 0.1) is 0 Å². The van der Waals surface area contributed by atoms with Gasteiger partial charge >= 0.3 is 23.9 Å². The fourth-order valence-corrected chi connectivity index (χ4v) is 1.94. The van der Waals surface area contributed by atoms with Gasteiger partial charge in [0.05, 0.1) is 28.2 Å². The summed E-state index contributed by atoms with van der Waals surface area (Å²) in [5.74, 6) is -6.05. The molecule has 2 rings (SSSR count). The average molecular weight is 400 g/mol. The number of carboxylic acid groups (broad SMARTS) is 4. The van der Waals surface area contributed by atoms with Gasteiger partial charge in [0, 0.05) is 0 Å². The molecule has 29 heavy (non-hydrogen) atoms. The number of anilines is 1. The summed E-state index contributed by atoms with van der Waals surface area (Å²) < 4.78 is 0. The van der Waals surface area contributed by atoms with Crippen LogP contribution in [0.1, 0.15) is 20.7 Å². The number of aromatic carboxylic acids is 2. The third-order valence-corrected chi connectivity index (χ3v) is 3.26. The van der Waals surface area contributed by atoms with E-state index in [-0.39, 0.29) is 22.5 Å². The summed E-state index contributed by atoms with van der Waals surface area (Å²) in [5.41, 5.74) is 1.24. The minimum atomic E-state index is -1.71. The van der Waals surface area contributed by atoms with Gasteiger partial charge in [-0.3, -0.25) is 5.43 Å². The van der Waals surface area contributed by atoms with Crippen LogP contribution in [-0.2, 0) is 9.59 Å². The first kappa shape index (κ1) is 20.7. The summed E-state index contributed by atoms with van der Waals surface area (Å²) >= 11 is 0. The lowest BCUT2D eigenvalue weighted by atomic mass is 10.1. The van der Waals surface area contributed by atoms with Crippen molar-refractivity contribution in [1.29, 1.82) is 0 Å². The first-order chi connectivity index (χ1) is 13.7. The summed E-state index contributed by atoms with van der Waals surface area (Å²) in [6.07, 6.45) is 0. The van der Waals surface area contributed by atoms with Gasteiger partial charge in [-0.05, 0) is 42.5 Å². The normalized spacial score (nSPS) is 10.3. The number of carboxylic acids is 4. The fourth-order valence-electron chi connectivity index (χ4n) is 1.94. The number of rotatable bonds is 8. The Labute approximate surface area is 161 Å². The zero-order valence-electron chi connectivity index (χ0n) is 14.3. The molecule has 0 atom stereocenters. The van der Waals surface area contributed by atoms with Gasteiger partial charge in [-0.1, -0.05) is 0 Å². The Hall–Kier alpha value is -4.61. The minimum absolute atomic E-state index is 0.0154. The highest BCUT2D eigenvalue weighted by molar-refractivity contribution is 6.61. The second kappa shape index (κ2) is 8.85. The van der Waals surface area contributed by atoms with Gasteiger partial charge in [0.15, 0.2) is 0 Å². The molecule has 0 fully saturated rings. The number of carbonyl (C=O) groups is 4. The quantitative estimate of drug-likeness (QED) is 0.191. The molecule has 0 unspecified atom stereocenters. The molecule has 0 aliphatic carbocycles. The smallest absolute Gasteiger partial charge is 0.364 e. The van der Waals surface area contributed by atoms with Crippen molar-refractivity contribution in [2.24, 2.45) is 15.3 Å². The lowest BCUT2D eigenvalue weighted by Gasteiger charge is -2.02. The molecular weight excluding hydrogens is 388 g/mol. The third kappa shape index (κ3) is 5.68. The van der Waals surface area contributed by atoms with Gasteiger partial charge in [0.25, 0.3) is 5.71 Å². The van der Waals surface area contributed by atoms with Crippen LogP contribution < -0.4 is 5.43 Å². The number of hydrazone groups is 1. The lowest BCUT2D eigenvalue weighted by molar-refractivity contribution is -0.134. The maximum absolute atomic E-state index is 11.1. The van der Waals surface area contributed by atoms with Crippen LogP contribution in [0.25, 0.3) is 0 Å². The van der Waals surface area contributed by atoms with Gasteiger partial charge in [-0.15, -0.1) is 0 Å². The molecule has 0 saturated carbocycles. The molecule has 5 N–H and O–H groups in total. The van der Waals surface area contributed by atoms with Crippen molar-refractivity contribution in [1.82, 2.24) is 0 Å². The second-order valence-corrected chi connectivity index (χ2v) is 5.31. The highest BCUT2D eigenvalue weighted by atomic mass is 16.4. The number of azo groups is 1. The van der Waals surface area contributed by atoms with E-state index in [2.05, 4.69) is 20.8 Å². The van der Waals surface area contributed by atoms with Gasteiger partial charge in [-0.2, -0.15) is 15.3 Å². The first-order valence-corrected chi connectivity index (χ1v) is 7.61. The Morgan fingerprint density at radius 2 is 1.17 bits per heavy atom. The fraction of sp³-hybridized carbons (Fsp3) is 0. The zero-order chi connectivity index (χ0) is 21.6. The van der Waals surface area contributed by atoms with Gasteiger partial charge in [0.1, 0.15) is 0 Å². The molecule has 2 aromatic rings. The number of nitrogens with zero attached hydrogens (tertiary/aromatic N) is 3. The molecule has 12 nitrogen and oxygen atoms in total. The molecule has 0 spiro atoms. The van der Waals surface area contributed by atoms with Crippen LogP contribution in [0.5, 0.6) is 0 Å². The highest BCUT2D eigenvalue weighted by Gasteiger charge is 2.18. The standard InChI is InChI=1S/C17H12N4O8/c22-14(23)8-5-9(15(24)25)7-12(6-8)20-18-10-1-3-11(4-2-10)19-21-13(16(26)27)17(28)29/h1-7,19H,(H,22,23)(H,24,25)(H,26,27)(H,28,29). The van der Waals surface area contributed by atoms with Crippen LogP contribution >= 0.6 is 0 Å². The van der Waals surface area contributed by atoms with E-state index in [0.717, 1.165) is 18.2 Å². The molecule has 12 heteroatoms. The molecule has 0 heterocycles. The SMILES string of the molecule is O=C(O)C(=NNc1ccc(N=Nc2cc(C(=O)O)cc(C(=O)O)c2)cc1)C(=O)O. The summed E-state index contributed by atoms with van der Waals surface area (Å²) in [5, 5.41) is 46.4. The van der Waals surface area contributed by atoms with E-state index >= 15 is 0 Å². The summed E-state index contributed by atoms with van der Waals surface area (Å²) in [6.45, 7) is 0. The molecule has 0 aromatic heterocycles. The highest BCUT2D eigenvalue weighted by Crippen LogP contribution is 2.23. The maximum Gasteiger partial charge on any atom is 0.364 e. The maximum atomic E-state index is 11.1. The monoisotopic (exact) mass is 400 g/mol. The van der Waals surface area contributed by atoms with Gasteiger partial charge in [0.2, 0.25) is 0 Å². The second-order valence-electron chi connectivity index (χ2n) is 5.31. The van der Waals surface area contributed by atoms with Crippen molar-refractivity contribution < 1.29 is 39.6 Å².